The average Bonchev–Trinajstić information content (AvgIpc) is 2.53. The number of nitrogens with zero attached hydrogens (tertiary/aromatic N) is 1. The number of carbonyl (C=O) groups excluding carboxylic acids is 1. The fraction of sp³-hybridized carbons (Fsp3) is 0.588. The lowest BCUT2D eigenvalue weighted by molar-refractivity contribution is -0.119. The van der Waals surface area contributed by atoms with Crippen LogP contribution >= 0.6 is 0 Å². The minimum atomic E-state index is 0.0839. The number of carbonyl (C=O) groups is 1. The van der Waals surface area contributed by atoms with E-state index in [9.17, 15) is 4.79 Å². The highest BCUT2D eigenvalue weighted by molar-refractivity contribution is 5.72. The molecule has 1 aromatic carbocycles. The van der Waals surface area contributed by atoms with Gasteiger partial charge in [0.1, 0.15) is 0 Å². The number of nitrogens with one attached hydrogen (secondary N) is 2. The van der Waals surface area contributed by atoms with Gasteiger partial charge in [0.25, 0.3) is 0 Å². The van der Waals surface area contributed by atoms with Crippen LogP contribution in [-0.4, -0.2) is 32.1 Å². The van der Waals surface area contributed by atoms with Crippen LogP contribution in [-0.2, 0) is 17.8 Å². The zero-order chi connectivity index (χ0) is 14.7. The zero-order valence-corrected chi connectivity index (χ0v) is 12.8. The molecule has 1 fully saturated rings. The predicted molar refractivity (Wildman–Crippen MR) is 85.5 cm³/mol. The number of hydrogen-bond donors (Lipinski definition) is 2. The number of rotatable bonds is 3. The second-order valence-corrected chi connectivity index (χ2v) is 6.21. The molecule has 1 saturated heterocycles. The van der Waals surface area contributed by atoms with Gasteiger partial charge in [0.15, 0.2) is 0 Å². The van der Waals surface area contributed by atoms with Gasteiger partial charge in [-0.05, 0) is 48.9 Å². The summed E-state index contributed by atoms with van der Waals surface area (Å²) in [7, 11) is 0. The number of hydrogen-bond acceptors (Lipinski definition) is 3. The molecule has 0 atom stereocenters. The topological polar surface area (TPSA) is 44.4 Å². The van der Waals surface area contributed by atoms with Crippen molar-refractivity contribution in [2.45, 2.75) is 32.7 Å². The van der Waals surface area contributed by atoms with Gasteiger partial charge in [-0.25, -0.2) is 0 Å². The molecule has 114 valence electrons. The third kappa shape index (κ3) is 3.38. The Morgan fingerprint density at radius 1 is 1.38 bits per heavy atom. The van der Waals surface area contributed by atoms with Crippen LogP contribution in [0.25, 0.3) is 0 Å². The Kier molecular flexibility index (Phi) is 4.44. The monoisotopic (exact) mass is 287 g/mol. The van der Waals surface area contributed by atoms with Crippen molar-refractivity contribution >= 4 is 11.6 Å². The Morgan fingerprint density at radius 3 is 2.95 bits per heavy atom. The maximum Gasteiger partial charge on any atom is 0.216 e. The van der Waals surface area contributed by atoms with Crippen molar-refractivity contribution in [1.29, 1.82) is 0 Å². The van der Waals surface area contributed by atoms with Gasteiger partial charge in [0.2, 0.25) is 5.91 Å². The largest absolute Gasteiger partial charge is 0.371 e. The number of fused-ring (bicyclic) bond motifs is 1. The van der Waals surface area contributed by atoms with Gasteiger partial charge < -0.3 is 15.5 Å². The smallest absolute Gasteiger partial charge is 0.216 e. The number of anilines is 1. The van der Waals surface area contributed by atoms with Crippen LogP contribution in [0.4, 0.5) is 5.69 Å². The molecule has 2 N–H and O–H groups in total. The van der Waals surface area contributed by atoms with E-state index in [2.05, 4.69) is 33.7 Å². The van der Waals surface area contributed by atoms with E-state index in [-0.39, 0.29) is 5.91 Å². The Balaban J connectivity index is 1.63. The SMILES string of the molecule is CC(=O)NCC1CCN(c2cccc3c2CNCC3)CC1. The maximum absolute atomic E-state index is 11.0. The molecule has 0 aromatic heterocycles. The van der Waals surface area contributed by atoms with Crippen molar-refractivity contribution in [2.75, 3.05) is 31.1 Å². The molecular formula is C17H25N3O. The first kappa shape index (κ1) is 14.4. The van der Waals surface area contributed by atoms with Gasteiger partial charge in [0.05, 0.1) is 0 Å². The van der Waals surface area contributed by atoms with Gasteiger partial charge in [-0.2, -0.15) is 0 Å². The molecule has 0 aliphatic carbocycles. The van der Waals surface area contributed by atoms with Crippen molar-refractivity contribution in [1.82, 2.24) is 10.6 Å². The molecule has 1 amide bonds. The predicted octanol–water partition coefficient (Wildman–Crippen LogP) is 1.68. The van der Waals surface area contributed by atoms with E-state index < -0.39 is 0 Å². The van der Waals surface area contributed by atoms with Crippen molar-refractivity contribution in [2.24, 2.45) is 5.92 Å². The highest BCUT2D eigenvalue weighted by atomic mass is 16.1. The van der Waals surface area contributed by atoms with Gasteiger partial charge >= 0.3 is 0 Å². The van der Waals surface area contributed by atoms with Crippen LogP contribution in [0.15, 0.2) is 18.2 Å². The minimum absolute atomic E-state index is 0.0839. The summed E-state index contributed by atoms with van der Waals surface area (Å²) in [6.45, 7) is 6.71. The molecule has 3 rings (SSSR count). The Labute approximate surface area is 126 Å². The van der Waals surface area contributed by atoms with E-state index in [0.717, 1.165) is 52.0 Å². The standard InChI is InChI=1S/C17H25N3O/c1-13(21)19-11-14-6-9-20(10-7-14)17-4-2-3-15-5-8-18-12-16(15)17/h2-4,14,18H,5-12H2,1H3,(H,19,21). The summed E-state index contributed by atoms with van der Waals surface area (Å²) in [5.74, 6) is 0.712. The summed E-state index contributed by atoms with van der Waals surface area (Å²) < 4.78 is 0. The minimum Gasteiger partial charge on any atom is -0.371 e. The molecule has 0 saturated carbocycles. The highest BCUT2D eigenvalue weighted by Gasteiger charge is 2.22. The lowest BCUT2D eigenvalue weighted by atomic mass is 9.94. The molecule has 2 heterocycles. The van der Waals surface area contributed by atoms with Crippen molar-refractivity contribution in [3.05, 3.63) is 29.3 Å². The Bertz CT molecular complexity index is 507. The van der Waals surface area contributed by atoms with Gasteiger partial charge in [-0.15, -0.1) is 0 Å². The van der Waals surface area contributed by atoms with Gasteiger partial charge in [-0.1, -0.05) is 12.1 Å². The highest BCUT2D eigenvalue weighted by Crippen LogP contribution is 2.29. The molecule has 4 nitrogen and oxygen atoms in total. The molecule has 0 bridgehead atoms. The van der Waals surface area contributed by atoms with E-state index >= 15 is 0 Å². The summed E-state index contributed by atoms with van der Waals surface area (Å²) in [5, 5.41) is 6.44. The first-order valence-corrected chi connectivity index (χ1v) is 8.05. The zero-order valence-electron chi connectivity index (χ0n) is 12.8. The van der Waals surface area contributed by atoms with E-state index in [1.807, 2.05) is 0 Å². The normalized spacial score (nSPS) is 19.2. The lowest BCUT2D eigenvalue weighted by Crippen LogP contribution is -2.39. The lowest BCUT2D eigenvalue weighted by Gasteiger charge is -2.36. The average molecular weight is 287 g/mol. The molecule has 4 heteroatoms. The Hall–Kier alpha value is -1.55. The van der Waals surface area contributed by atoms with Crippen molar-refractivity contribution in [3.8, 4) is 0 Å². The van der Waals surface area contributed by atoms with Crippen LogP contribution in [0.2, 0.25) is 0 Å². The molecule has 2 aliphatic heterocycles. The molecule has 1 aromatic rings. The molecule has 2 aliphatic rings. The van der Waals surface area contributed by atoms with Gasteiger partial charge in [-0.3, -0.25) is 4.79 Å². The van der Waals surface area contributed by atoms with Crippen LogP contribution in [0.3, 0.4) is 0 Å². The fourth-order valence-corrected chi connectivity index (χ4v) is 3.46. The molecule has 21 heavy (non-hydrogen) atoms. The third-order valence-corrected chi connectivity index (χ3v) is 4.72. The second kappa shape index (κ2) is 6.48. The fourth-order valence-electron chi connectivity index (χ4n) is 3.46. The van der Waals surface area contributed by atoms with Crippen LogP contribution in [0, 0.1) is 5.92 Å². The van der Waals surface area contributed by atoms with E-state index in [1.54, 1.807) is 6.92 Å². The molecular weight excluding hydrogens is 262 g/mol. The first-order valence-electron chi connectivity index (χ1n) is 8.05. The summed E-state index contributed by atoms with van der Waals surface area (Å²) >= 11 is 0. The van der Waals surface area contributed by atoms with E-state index in [0.29, 0.717) is 5.92 Å². The Morgan fingerprint density at radius 2 is 2.19 bits per heavy atom. The molecule has 0 radical (unpaired) electrons. The summed E-state index contributed by atoms with van der Waals surface area (Å²) in [6.07, 6.45) is 3.47. The molecule has 0 unspecified atom stereocenters. The summed E-state index contributed by atoms with van der Waals surface area (Å²) in [4.78, 5) is 13.5. The molecule has 0 spiro atoms. The first-order chi connectivity index (χ1) is 10.2. The number of benzene rings is 1. The maximum atomic E-state index is 11.0. The quantitative estimate of drug-likeness (QED) is 0.889. The van der Waals surface area contributed by atoms with Gasteiger partial charge in [0, 0.05) is 38.8 Å². The van der Waals surface area contributed by atoms with Crippen LogP contribution < -0.4 is 15.5 Å². The van der Waals surface area contributed by atoms with Crippen LogP contribution in [0.1, 0.15) is 30.9 Å². The summed E-state index contributed by atoms with van der Waals surface area (Å²) in [5.41, 5.74) is 4.41. The van der Waals surface area contributed by atoms with Crippen molar-refractivity contribution < 1.29 is 4.79 Å². The van der Waals surface area contributed by atoms with Crippen molar-refractivity contribution in [3.63, 3.8) is 0 Å². The van der Waals surface area contributed by atoms with E-state index in [4.69, 9.17) is 0 Å². The number of amides is 1. The summed E-state index contributed by atoms with van der Waals surface area (Å²) in [6, 6.07) is 6.73. The third-order valence-electron chi connectivity index (χ3n) is 4.72. The second-order valence-electron chi connectivity index (χ2n) is 6.21. The number of piperidine rings is 1. The van der Waals surface area contributed by atoms with E-state index in [1.165, 1.54) is 16.8 Å². The van der Waals surface area contributed by atoms with Crippen LogP contribution in [0.5, 0.6) is 0 Å².